The number of carbonyl (C=O) groups is 2. The van der Waals surface area contributed by atoms with E-state index in [9.17, 15) is 9.59 Å². The van der Waals surface area contributed by atoms with Gasteiger partial charge in [0.05, 0.1) is 12.2 Å². The highest BCUT2D eigenvalue weighted by atomic mass is 32.2. The lowest BCUT2D eigenvalue weighted by molar-refractivity contribution is -0.127. The van der Waals surface area contributed by atoms with Crippen LogP contribution in [0.2, 0.25) is 0 Å². The number of thioether (sulfide) groups is 1. The molecule has 2 aromatic carbocycles. The van der Waals surface area contributed by atoms with Crippen LogP contribution in [0.4, 0.5) is 0 Å². The highest BCUT2D eigenvalue weighted by Crippen LogP contribution is 2.27. The summed E-state index contributed by atoms with van der Waals surface area (Å²) in [5.41, 5.74) is 7.50. The molecule has 8 nitrogen and oxygen atoms in total. The summed E-state index contributed by atoms with van der Waals surface area (Å²) < 4.78 is 1.89. The number of nitrogens with one attached hydrogen (secondary N) is 2. The Bertz CT molecular complexity index is 1180. The average molecular weight is 445 g/mol. The van der Waals surface area contributed by atoms with Crippen LogP contribution < -0.4 is 10.9 Å². The van der Waals surface area contributed by atoms with Crippen molar-refractivity contribution in [3.8, 4) is 17.1 Å². The lowest BCUT2D eigenvalue weighted by atomic mass is 10.1. The van der Waals surface area contributed by atoms with Crippen molar-refractivity contribution >= 4 is 23.6 Å². The second kappa shape index (κ2) is 10.4. The number of nitrogens with zero attached hydrogens (tertiary/aromatic N) is 4. The van der Waals surface area contributed by atoms with Crippen molar-refractivity contribution in [1.29, 1.82) is 0 Å². The molecule has 0 atom stereocenters. The van der Waals surface area contributed by atoms with Crippen molar-refractivity contribution in [3.05, 3.63) is 90.8 Å². The fourth-order valence-electron chi connectivity index (χ4n) is 2.99. The van der Waals surface area contributed by atoms with Gasteiger partial charge in [0.15, 0.2) is 11.0 Å². The first-order valence-corrected chi connectivity index (χ1v) is 10.8. The maximum atomic E-state index is 12.3. The van der Waals surface area contributed by atoms with Gasteiger partial charge in [0.1, 0.15) is 0 Å². The monoisotopic (exact) mass is 444 g/mol. The molecule has 0 spiro atoms. The van der Waals surface area contributed by atoms with Crippen LogP contribution in [0, 0.1) is 0 Å². The third-order valence-corrected chi connectivity index (χ3v) is 5.40. The van der Waals surface area contributed by atoms with E-state index in [2.05, 4.69) is 26.0 Å². The number of benzene rings is 2. The minimum Gasteiger partial charge on any atom is -0.273 e. The van der Waals surface area contributed by atoms with Gasteiger partial charge < -0.3 is 0 Å². The first-order valence-electron chi connectivity index (χ1n) is 9.86. The summed E-state index contributed by atoms with van der Waals surface area (Å²) in [4.78, 5) is 28.4. The predicted octanol–water partition coefficient (Wildman–Crippen LogP) is 2.81. The number of hydrogen-bond acceptors (Lipinski definition) is 6. The Hall–Kier alpha value is -3.98. The van der Waals surface area contributed by atoms with Gasteiger partial charge in [-0.3, -0.25) is 30.0 Å². The van der Waals surface area contributed by atoms with Crippen LogP contribution in [0.5, 0.6) is 0 Å². The number of carbonyl (C=O) groups excluding carboxylic acids is 2. The fourth-order valence-corrected chi connectivity index (χ4v) is 3.74. The molecule has 0 aliphatic rings. The van der Waals surface area contributed by atoms with Gasteiger partial charge in [-0.05, 0) is 29.8 Å². The standard InChI is InChI=1S/C23H20N6O2S/c30-20(15-17-7-3-1-4-8-17)25-26-21(31)16-32-23-28-27-22(18-11-13-24-14-12-18)29(23)19-9-5-2-6-10-19/h1-14H,15-16H2,(H,25,30)(H,26,31). The van der Waals surface area contributed by atoms with Gasteiger partial charge in [-0.15, -0.1) is 10.2 Å². The lowest BCUT2D eigenvalue weighted by Crippen LogP contribution is -2.43. The van der Waals surface area contributed by atoms with E-state index >= 15 is 0 Å². The van der Waals surface area contributed by atoms with E-state index in [0.29, 0.717) is 11.0 Å². The van der Waals surface area contributed by atoms with Gasteiger partial charge in [-0.2, -0.15) is 0 Å². The van der Waals surface area contributed by atoms with Gasteiger partial charge in [0.25, 0.3) is 0 Å². The Morgan fingerprint density at radius 2 is 1.47 bits per heavy atom. The summed E-state index contributed by atoms with van der Waals surface area (Å²) in [7, 11) is 0. The Labute approximate surface area is 189 Å². The van der Waals surface area contributed by atoms with Crippen LogP contribution >= 0.6 is 11.8 Å². The van der Waals surface area contributed by atoms with Crippen molar-refractivity contribution < 1.29 is 9.59 Å². The maximum absolute atomic E-state index is 12.3. The molecular weight excluding hydrogens is 424 g/mol. The number of pyridine rings is 1. The van der Waals surface area contributed by atoms with E-state index in [-0.39, 0.29) is 24.0 Å². The molecule has 160 valence electrons. The molecule has 0 radical (unpaired) electrons. The Morgan fingerprint density at radius 3 is 2.19 bits per heavy atom. The molecule has 0 bridgehead atoms. The van der Waals surface area contributed by atoms with E-state index < -0.39 is 0 Å². The number of hydrazine groups is 1. The van der Waals surface area contributed by atoms with Crippen molar-refractivity contribution in [2.75, 3.05) is 5.75 Å². The van der Waals surface area contributed by atoms with Gasteiger partial charge in [0, 0.05) is 23.6 Å². The van der Waals surface area contributed by atoms with Crippen molar-refractivity contribution in [2.24, 2.45) is 0 Å². The number of rotatable bonds is 7. The van der Waals surface area contributed by atoms with E-state index in [1.807, 2.05) is 77.4 Å². The zero-order chi connectivity index (χ0) is 22.2. The molecule has 0 aliphatic heterocycles. The molecule has 4 rings (SSSR count). The minimum absolute atomic E-state index is 0.0624. The van der Waals surface area contributed by atoms with Gasteiger partial charge in [0.2, 0.25) is 11.8 Å². The first kappa shape index (κ1) is 21.3. The molecule has 0 fully saturated rings. The normalized spacial score (nSPS) is 10.5. The van der Waals surface area contributed by atoms with E-state index in [1.165, 1.54) is 11.8 Å². The number of hydrogen-bond donors (Lipinski definition) is 2. The van der Waals surface area contributed by atoms with Gasteiger partial charge >= 0.3 is 0 Å². The molecule has 0 saturated carbocycles. The van der Waals surface area contributed by atoms with Crippen LogP contribution in [0.1, 0.15) is 5.56 Å². The molecule has 2 amide bonds. The highest BCUT2D eigenvalue weighted by molar-refractivity contribution is 7.99. The first-order chi connectivity index (χ1) is 15.7. The summed E-state index contributed by atoms with van der Waals surface area (Å²) >= 11 is 1.23. The smallest absolute Gasteiger partial charge is 0.248 e. The van der Waals surface area contributed by atoms with E-state index in [1.54, 1.807) is 12.4 Å². The molecule has 4 aromatic rings. The summed E-state index contributed by atoms with van der Waals surface area (Å²) in [5.74, 6) is 0.0801. The molecule has 0 saturated heterocycles. The number of para-hydroxylation sites is 1. The van der Waals surface area contributed by atoms with E-state index in [4.69, 9.17) is 0 Å². The third kappa shape index (κ3) is 5.38. The fraction of sp³-hybridized carbons (Fsp3) is 0.0870. The van der Waals surface area contributed by atoms with Crippen LogP contribution in [0.25, 0.3) is 17.1 Å². The summed E-state index contributed by atoms with van der Waals surface area (Å²) in [5, 5.41) is 9.17. The van der Waals surface area contributed by atoms with E-state index in [0.717, 1.165) is 16.8 Å². The SMILES string of the molecule is O=C(CSc1nnc(-c2ccncc2)n1-c1ccccc1)NNC(=O)Cc1ccccc1. The Balaban J connectivity index is 1.41. The zero-order valence-electron chi connectivity index (χ0n) is 17.0. The quantitative estimate of drug-likeness (QED) is 0.336. The molecule has 2 aromatic heterocycles. The number of amides is 2. The van der Waals surface area contributed by atoms with Crippen LogP contribution in [0.3, 0.4) is 0 Å². The molecule has 32 heavy (non-hydrogen) atoms. The molecule has 0 unspecified atom stereocenters. The Kier molecular flexibility index (Phi) is 6.88. The largest absolute Gasteiger partial charge is 0.273 e. The van der Waals surface area contributed by atoms with Crippen molar-refractivity contribution in [3.63, 3.8) is 0 Å². The highest BCUT2D eigenvalue weighted by Gasteiger charge is 2.17. The molecule has 0 aliphatic carbocycles. The molecule has 2 heterocycles. The van der Waals surface area contributed by atoms with Gasteiger partial charge in [-0.1, -0.05) is 60.3 Å². The third-order valence-electron chi connectivity index (χ3n) is 4.47. The predicted molar refractivity (Wildman–Crippen MR) is 122 cm³/mol. The zero-order valence-corrected chi connectivity index (χ0v) is 17.8. The molecule has 2 N–H and O–H groups in total. The average Bonchev–Trinajstić information content (AvgIpc) is 3.27. The topological polar surface area (TPSA) is 102 Å². The summed E-state index contributed by atoms with van der Waals surface area (Å²) in [6.45, 7) is 0. The second-order valence-electron chi connectivity index (χ2n) is 6.76. The van der Waals surface area contributed by atoms with Crippen molar-refractivity contribution in [2.45, 2.75) is 11.6 Å². The van der Waals surface area contributed by atoms with Crippen molar-refractivity contribution in [1.82, 2.24) is 30.6 Å². The van der Waals surface area contributed by atoms with Gasteiger partial charge in [-0.25, -0.2) is 0 Å². The number of aromatic nitrogens is 4. The minimum atomic E-state index is -0.343. The summed E-state index contributed by atoms with van der Waals surface area (Å²) in [6, 6.07) is 22.7. The maximum Gasteiger partial charge on any atom is 0.248 e. The van der Waals surface area contributed by atoms with Crippen LogP contribution in [-0.2, 0) is 16.0 Å². The molecule has 9 heteroatoms. The van der Waals surface area contributed by atoms with Crippen LogP contribution in [0.15, 0.2) is 90.3 Å². The summed E-state index contributed by atoms with van der Waals surface area (Å²) in [6.07, 6.45) is 3.57. The lowest BCUT2D eigenvalue weighted by Gasteiger charge is -2.10. The van der Waals surface area contributed by atoms with Crippen LogP contribution in [-0.4, -0.2) is 37.3 Å². The second-order valence-corrected chi connectivity index (χ2v) is 7.70. The Morgan fingerprint density at radius 1 is 0.812 bits per heavy atom. The molecular formula is C23H20N6O2S.